The minimum atomic E-state index is -5.71. The van der Waals surface area contributed by atoms with Crippen LogP contribution >= 0.6 is 0 Å². The Labute approximate surface area is 104 Å². The number of rotatable bonds is 2. The molecule has 114 valence electrons. The van der Waals surface area contributed by atoms with Crippen LogP contribution in [0.5, 0.6) is 0 Å². The monoisotopic (exact) mass is 312 g/mol. The lowest BCUT2D eigenvalue weighted by atomic mass is 9.89. The Kier molecular flexibility index (Phi) is 4.06. The summed E-state index contributed by atoms with van der Waals surface area (Å²) in [7, 11) is 0. The van der Waals surface area contributed by atoms with E-state index in [1.807, 2.05) is 0 Å². The highest BCUT2D eigenvalue weighted by molar-refractivity contribution is 5.91. The van der Waals surface area contributed by atoms with Crippen LogP contribution in [0.3, 0.4) is 0 Å². The zero-order valence-electron chi connectivity index (χ0n) is 9.10. The molecule has 2 atom stereocenters. The summed E-state index contributed by atoms with van der Waals surface area (Å²) in [5.74, 6) is -6.05. The van der Waals surface area contributed by atoms with Crippen LogP contribution in [-0.4, -0.2) is 35.7 Å². The third kappa shape index (κ3) is 3.22. The Bertz CT molecular complexity index is 478. The van der Waals surface area contributed by atoms with Crippen molar-refractivity contribution in [1.29, 1.82) is 0 Å². The second kappa shape index (κ2) is 4.98. The minimum absolute atomic E-state index is 1.38. The fourth-order valence-corrected chi connectivity index (χ4v) is 1.60. The predicted octanol–water partition coefficient (Wildman–Crippen LogP) is 2.98. The zero-order chi connectivity index (χ0) is 15.9. The molecule has 0 radical (unpaired) electrons. The summed E-state index contributed by atoms with van der Waals surface area (Å²) in [6.45, 7) is -1.72. The molecule has 20 heavy (non-hydrogen) atoms. The molecular weight excluding hydrogens is 308 g/mol. The fourth-order valence-electron chi connectivity index (χ4n) is 1.60. The summed E-state index contributed by atoms with van der Waals surface area (Å²) in [6.07, 6.45) is -15.1. The van der Waals surface area contributed by atoms with Crippen LogP contribution in [0, 0.1) is 16.0 Å². The van der Waals surface area contributed by atoms with Gasteiger partial charge >= 0.3 is 12.4 Å². The Hall–Kier alpha value is -1.75. The van der Waals surface area contributed by atoms with E-state index in [-0.39, 0.29) is 0 Å². The molecule has 0 N–H and O–H groups in total. The number of halogens is 8. The van der Waals surface area contributed by atoms with Crippen molar-refractivity contribution in [3.63, 3.8) is 0 Å². The predicted molar refractivity (Wildman–Crippen MR) is 47.9 cm³/mol. The lowest BCUT2D eigenvalue weighted by Crippen LogP contribution is -2.46. The topological polar surface area (TPSA) is 55.5 Å². The molecule has 0 aromatic rings. The molecule has 0 amide bonds. The highest BCUT2D eigenvalue weighted by Gasteiger charge is 2.58. The summed E-state index contributed by atoms with van der Waals surface area (Å²) >= 11 is 0. The van der Waals surface area contributed by atoms with Gasteiger partial charge in [-0.1, -0.05) is 0 Å². The highest BCUT2D eigenvalue weighted by Crippen LogP contribution is 2.44. The summed E-state index contributed by atoms with van der Waals surface area (Å²) in [5.41, 5.74) is -4.38. The average Bonchev–Trinajstić information content (AvgIpc) is 2.09. The number of hydrogen-bond donors (Lipinski definition) is 0. The molecule has 0 aromatic carbocycles. The lowest BCUT2D eigenvalue weighted by molar-refractivity contribution is -0.464. The molecule has 0 spiro atoms. The van der Waals surface area contributed by atoms with E-state index in [0.29, 0.717) is 0 Å². The van der Waals surface area contributed by atoms with E-state index in [2.05, 4.69) is 4.99 Å². The first-order chi connectivity index (χ1) is 8.85. The zero-order valence-corrected chi connectivity index (χ0v) is 9.10. The van der Waals surface area contributed by atoms with Gasteiger partial charge in [-0.3, -0.25) is 10.1 Å². The van der Waals surface area contributed by atoms with Gasteiger partial charge in [0.25, 0.3) is 0 Å². The number of nitro groups is 1. The van der Waals surface area contributed by atoms with Gasteiger partial charge < -0.3 is 0 Å². The van der Waals surface area contributed by atoms with Crippen LogP contribution in [0.25, 0.3) is 0 Å². The molecule has 0 bridgehead atoms. The van der Waals surface area contributed by atoms with E-state index in [1.54, 1.807) is 0 Å². The number of allylic oxidation sites excluding steroid dienone is 1. The van der Waals surface area contributed by atoms with Crippen LogP contribution in [0.4, 0.5) is 35.1 Å². The molecule has 0 aliphatic carbocycles. The Morgan fingerprint density at radius 2 is 1.70 bits per heavy atom. The van der Waals surface area contributed by atoms with Crippen molar-refractivity contribution in [3.8, 4) is 0 Å². The number of alkyl halides is 7. The number of aliphatic imine (C=N–C) groups is 1. The molecule has 0 aromatic heterocycles. The van der Waals surface area contributed by atoms with Gasteiger partial charge in [-0.05, 0) is 0 Å². The van der Waals surface area contributed by atoms with Crippen molar-refractivity contribution >= 4 is 5.71 Å². The normalized spacial score (nSPS) is 24.7. The van der Waals surface area contributed by atoms with Crippen molar-refractivity contribution < 1.29 is 40.0 Å². The van der Waals surface area contributed by atoms with Gasteiger partial charge in [-0.15, -0.1) is 0 Å². The van der Waals surface area contributed by atoms with Crippen LogP contribution in [0.15, 0.2) is 16.5 Å². The molecule has 2 unspecified atom stereocenters. The van der Waals surface area contributed by atoms with E-state index in [4.69, 9.17) is 0 Å². The quantitative estimate of drug-likeness (QED) is 0.341. The number of nitrogens with zero attached hydrogens (tertiary/aromatic N) is 2. The lowest BCUT2D eigenvalue weighted by Gasteiger charge is -2.29. The largest absolute Gasteiger partial charge is 0.419 e. The van der Waals surface area contributed by atoms with Crippen LogP contribution < -0.4 is 0 Å². The van der Waals surface area contributed by atoms with Crippen LogP contribution in [0.2, 0.25) is 0 Å². The highest BCUT2D eigenvalue weighted by atomic mass is 19.4. The molecule has 1 heterocycles. The smallest absolute Gasteiger partial charge is 0.264 e. The van der Waals surface area contributed by atoms with E-state index in [0.717, 1.165) is 0 Å². The Balaban J connectivity index is 3.40. The maximum atomic E-state index is 13.4. The molecule has 0 saturated carbocycles. The van der Waals surface area contributed by atoms with Crippen molar-refractivity contribution in [2.75, 3.05) is 6.54 Å². The first kappa shape index (κ1) is 16.3. The standard InChI is InChI=1S/C8H4F8N2O2/c9-5-3(7(11,12)13)2(1-18(19)20)17-6(10)4(5)8(14,15)16/h3,5H,1H2. The van der Waals surface area contributed by atoms with E-state index in [9.17, 15) is 45.2 Å². The SMILES string of the molecule is O=[N+]([O-])CC1=NC(F)=C(C(F)(F)F)C(F)C1C(F)(F)F. The van der Waals surface area contributed by atoms with Crippen LogP contribution in [0.1, 0.15) is 0 Å². The summed E-state index contributed by atoms with van der Waals surface area (Å²) in [6, 6.07) is 0. The van der Waals surface area contributed by atoms with E-state index in [1.165, 1.54) is 0 Å². The molecule has 4 nitrogen and oxygen atoms in total. The molecule has 0 fully saturated rings. The molecule has 1 aliphatic heterocycles. The van der Waals surface area contributed by atoms with Crippen molar-refractivity contribution in [2.45, 2.75) is 18.5 Å². The maximum Gasteiger partial charge on any atom is 0.419 e. The summed E-state index contributed by atoms with van der Waals surface area (Å²) in [5, 5.41) is 10.1. The summed E-state index contributed by atoms with van der Waals surface area (Å²) in [4.78, 5) is 11.0. The average molecular weight is 312 g/mol. The van der Waals surface area contributed by atoms with Crippen molar-refractivity contribution in [2.24, 2.45) is 10.9 Å². The van der Waals surface area contributed by atoms with Crippen LogP contribution in [-0.2, 0) is 0 Å². The number of hydrogen-bond acceptors (Lipinski definition) is 3. The second-order valence-electron chi connectivity index (χ2n) is 3.72. The Morgan fingerprint density at radius 1 is 1.20 bits per heavy atom. The van der Waals surface area contributed by atoms with Gasteiger partial charge in [0.1, 0.15) is 17.2 Å². The van der Waals surface area contributed by atoms with Gasteiger partial charge in [0.15, 0.2) is 6.17 Å². The molecule has 1 aliphatic rings. The summed E-state index contributed by atoms with van der Waals surface area (Å²) < 4.78 is 101. The van der Waals surface area contributed by atoms with Gasteiger partial charge in [-0.2, -0.15) is 30.7 Å². The minimum Gasteiger partial charge on any atom is -0.264 e. The maximum absolute atomic E-state index is 13.4. The first-order valence-electron chi connectivity index (χ1n) is 4.72. The molecule has 12 heteroatoms. The Morgan fingerprint density at radius 3 is 2.05 bits per heavy atom. The van der Waals surface area contributed by atoms with Gasteiger partial charge in [0.05, 0.1) is 0 Å². The third-order valence-electron chi connectivity index (χ3n) is 2.34. The van der Waals surface area contributed by atoms with Crippen molar-refractivity contribution in [1.82, 2.24) is 0 Å². The van der Waals surface area contributed by atoms with E-state index < -0.39 is 53.1 Å². The first-order valence-corrected chi connectivity index (χ1v) is 4.72. The van der Waals surface area contributed by atoms with Crippen molar-refractivity contribution in [3.05, 3.63) is 21.6 Å². The van der Waals surface area contributed by atoms with Gasteiger partial charge in [-0.25, -0.2) is 9.38 Å². The van der Waals surface area contributed by atoms with Gasteiger partial charge in [0, 0.05) is 4.92 Å². The van der Waals surface area contributed by atoms with Gasteiger partial charge in [0.2, 0.25) is 12.5 Å². The molecule has 1 rings (SSSR count). The third-order valence-corrected chi connectivity index (χ3v) is 2.34. The second-order valence-corrected chi connectivity index (χ2v) is 3.72. The fraction of sp³-hybridized carbons (Fsp3) is 0.625. The molecule has 0 saturated heterocycles. The van der Waals surface area contributed by atoms with E-state index >= 15 is 0 Å². The molecular formula is C8H4F8N2O2.